The van der Waals surface area contributed by atoms with E-state index in [1.54, 1.807) is 0 Å². The number of nitrogens with zero attached hydrogens (tertiary/aromatic N) is 1. The summed E-state index contributed by atoms with van der Waals surface area (Å²) < 4.78 is 0. The highest BCUT2D eigenvalue weighted by Gasteiger charge is 2.28. The summed E-state index contributed by atoms with van der Waals surface area (Å²) in [5.41, 5.74) is 0. The number of aliphatic carboxylic acids is 1. The van der Waals surface area contributed by atoms with Crippen molar-refractivity contribution >= 4 is 5.97 Å². The van der Waals surface area contributed by atoms with Crippen LogP contribution in [0.1, 0.15) is 33.6 Å². The third kappa shape index (κ3) is 4.28. The Morgan fingerprint density at radius 2 is 2.06 bits per heavy atom. The van der Waals surface area contributed by atoms with Crippen LogP contribution in [0.5, 0.6) is 0 Å². The molecule has 1 rings (SSSR count). The lowest BCUT2D eigenvalue weighted by molar-refractivity contribution is -0.141. The largest absolute Gasteiger partial charge is 0.480 e. The van der Waals surface area contributed by atoms with Crippen molar-refractivity contribution in [3.05, 3.63) is 0 Å². The van der Waals surface area contributed by atoms with Crippen LogP contribution in [-0.4, -0.2) is 48.2 Å². The molecule has 0 aromatic carbocycles. The lowest BCUT2D eigenvalue weighted by atomic mass is 9.90. The van der Waals surface area contributed by atoms with Crippen LogP contribution >= 0.6 is 0 Å². The van der Waals surface area contributed by atoms with Crippen molar-refractivity contribution in [2.45, 2.75) is 45.7 Å². The Hall–Kier alpha value is -0.610. The molecule has 0 saturated carbocycles. The summed E-state index contributed by atoms with van der Waals surface area (Å²) in [6, 6.07) is -0.168. The molecule has 0 bridgehead atoms. The number of piperidine rings is 1. The molecule has 0 aliphatic carbocycles. The van der Waals surface area contributed by atoms with Crippen LogP contribution in [0.2, 0.25) is 0 Å². The Bertz CT molecular complexity index is 256. The minimum atomic E-state index is -0.740. The summed E-state index contributed by atoms with van der Waals surface area (Å²) in [6.45, 7) is 8.24. The third-order valence-electron chi connectivity index (χ3n) is 3.74. The predicted octanol–water partition coefficient (Wildman–Crippen LogP) is 1.42. The average Bonchev–Trinajstić information content (AvgIpc) is 2.24. The second-order valence-corrected chi connectivity index (χ2v) is 5.68. The first-order chi connectivity index (χ1) is 7.91. The van der Waals surface area contributed by atoms with E-state index in [9.17, 15) is 4.79 Å². The van der Waals surface area contributed by atoms with E-state index in [0.717, 1.165) is 13.1 Å². The predicted molar refractivity (Wildman–Crippen MR) is 69.1 cm³/mol. The SMILES string of the molecule is CC(C)C(NC(C)C1CCCN(C)C1)C(=O)O. The Labute approximate surface area is 104 Å². The van der Waals surface area contributed by atoms with Crippen molar-refractivity contribution in [1.29, 1.82) is 0 Å². The second kappa shape index (κ2) is 6.36. The number of hydrogen-bond donors (Lipinski definition) is 2. The normalized spacial score (nSPS) is 25.8. The van der Waals surface area contributed by atoms with E-state index in [4.69, 9.17) is 5.11 Å². The highest BCUT2D eigenvalue weighted by molar-refractivity contribution is 5.73. The number of likely N-dealkylation sites (tertiary alicyclic amines) is 1. The van der Waals surface area contributed by atoms with E-state index < -0.39 is 12.0 Å². The Morgan fingerprint density at radius 3 is 2.53 bits per heavy atom. The highest BCUT2D eigenvalue weighted by atomic mass is 16.4. The molecule has 4 heteroatoms. The van der Waals surface area contributed by atoms with Gasteiger partial charge in [0.15, 0.2) is 0 Å². The van der Waals surface area contributed by atoms with Crippen LogP contribution in [0.4, 0.5) is 0 Å². The fraction of sp³-hybridized carbons (Fsp3) is 0.923. The van der Waals surface area contributed by atoms with Crippen LogP contribution < -0.4 is 5.32 Å². The molecule has 4 nitrogen and oxygen atoms in total. The van der Waals surface area contributed by atoms with Gasteiger partial charge in [-0.05, 0) is 45.2 Å². The summed E-state index contributed by atoms with van der Waals surface area (Å²) >= 11 is 0. The van der Waals surface area contributed by atoms with Crippen molar-refractivity contribution in [3.8, 4) is 0 Å². The van der Waals surface area contributed by atoms with Crippen molar-refractivity contribution in [2.75, 3.05) is 20.1 Å². The molecular weight excluding hydrogens is 216 g/mol. The fourth-order valence-electron chi connectivity index (χ4n) is 2.58. The van der Waals surface area contributed by atoms with Crippen LogP contribution in [0, 0.1) is 11.8 Å². The minimum absolute atomic E-state index is 0.122. The number of rotatable bonds is 5. The molecule has 0 radical (unpaired) electrons. The molecule has 0 spiro atoms. The summed E-state index contributed by atoms with van der Waals surface area (Å²) in [5.74, 6) is -0.0540. The van der Waals surface area contributed by atoms with Gasteiger partial charge in [-0.25, -0.2) is 0 Å². The topological polar surface area (TPSA) is 52.6 Å². The fourth-order valence-corrected chi connectivity index (χ4v) is 2.58. The van der Waals surface area contributed by atoms with Crippen molar-refractivity contribution in [1.82, 2.24) is 10.2 Å². The maximum Gasteiger partial charge on any atom is 0.320 e. The second-order valence-electron chi connectivity index (χ2n) is 5.68. The molecule has 3 unspecified atom stereocenters. The quantitative estimate of drug-likeness (QED) is 0.765. The Morgan fingerprint density at radius 1 is 1.41 bits per heavy atom. The van der Waals surface area contributed by atoms with Gasteiger partial charge < -0.3 is 15.3 Å². The van der Waals surface area contributed by atoms with Gasteiger partial charge >= 0.3 is 5.97 Å². The zero-order chi connectivity index (χ0) is 13.0. The van der Waals surface area contributed by atoms with Crippen molar-refractivity contribution in [2.24, 2.45) is 11.8 Å². The smallest absolute Gasteiger partial charge is 0.320 e. The standard InChI is InChI=1S/C13H26N2O2/c1-9(2)12(13(16)17)14-10(3)11-6-5-7-15(4)8-11/h9-12,14H,5-8H2,1-4H3,(H,16,17). The van der Waals surface area contributed by atoms with Crippen molar-refractivity contribution in [3.63, 3.8) is 0 Å². The van der Waals surface area contributed by atoms with Crippen LogP contribution in [0.3, 0.4) is 0 Å². The maximum atomic E-state index is 11.2. The number of carbonyl (C=O) groups is 1. The van der Waals surface area contributed by atoms with Gasteiger partial charge in [0.05, 0.1) is 0 Å². The Kier molecular flexibility index (Phi) is 5.40. The van der Waals surface area contributed by atoms with Gasteiger partial charge in [0.1, 0.15) is 6.04 Å². The molecule has 0 aromatic rings. The van der Waals surface area contributed by atoms with E-state index in [2.05, 4.69) is 24.2 Å². The first-order valence-corrected chi connectivity index (χ1v) is 6.59. The van der Waals surface area contributed by atoms with Gasteiger partial charge in [-0.1, -0.05) is 13.8 Å². The molecule has 17 heavy (non-hydrogen) atoms. The lowest BCUT2D eigenvalue weighted by Crippen LogP contribution is -2.51. The van der Waals surface area contributed by atoms with Crippen LogP contribution in [-0.2, 0) is 4.79 Å². The molecule has 0 amide bonds. The van der Waals surface area contributed by atoms with E-state index in [-0.39, 0.29) is 12.0 Å². The number of nitrogens with one attached hydrogen (secondary N) is 1. The zero-order valence-electron chi connectivity index (χ0n) is 11.4. The van der Waals surface area contributed by atoms with Gasteiger partial charge in [-0.3, -0.25) is 4.79 Å². The molecule has 2 N–H and O–H groups in total. The van der Waals surface area contributed by atoms with Crippen LogP contribution in [0.15, 0.2) is 0 Å². The first kappa shape index (κ1) is 14.5. The monoisotopic (exact) mass is 242 g/mol. The number of carboxylic acid groups (broad SMARTS) is 1. The van der Waals surface area contributed by atoms with E-state index in [0.29, 0.717) is 5.92 Å². The van der Waals surface area contributed by atoms with Crippen LogP contribution in [0.25, 0.3) is 0 Å². The Balaban J connectivity index is 2.51. The van der Waals surface area contributed by atoms with Gasteiger partial charge in [0, 0.05) is 12.6 Å². The molecular formula is C13H26N2O2. The van der Waals surface area contributed by atoms with Gasteiger partial charge in [-0.15, -0.1) is 0 Å². The molecule has 1 aliphatic heterocycles. The van der Waals surface area contributed by atoms with Gasteiger partial charge in [0.2, 0.25) is 0 Å². The zero-order valence-corrected chi connectivity index (χ0v) is 11.4. The summed E-state index contributed by atoms with van der Waals surface area (Å²) in [7, 11) is 2.13. The molecule has 1 saturated heterocycles. The summed E-state index contributed by atoms with van der Waals surface area (Å²) in [4.78, 5) is 13.5. The number of hydrogen-bond acceptors (Lipinski definition) is 3. The molecule has 3 atom stereocenters. The number of carboxylic acids is 1. The summed E-state index contributed by atoms with van der Waals surface area (Å²) in [5, 5.41) is 12.4. The van der Waals surface area contributed by atoms with E-state index >= 15 is 0 Å². The molecule has 1 fully saturated rings. The lowest BCUT2D eigenvalue weighted by Gasteiger charge is -2.35. The molecule has 1 heterocycles. The third-order valence-corrected chi connectivity index (χ3v) is 3.74. The van der Waals surface area contributed by atoms with E-state index in [1.165, 1.54) is 12.8 Å². The molecule has 0 aromatic heterocycles. The van der Waals surface area contributed by atoms with Gasteiger partial charge in [0.25, 0.3) is 0 Å². The molecule has 1 aliphatic rings. The van der Waals surface area contributed by atoms with Gasteiger partial charge in [-0.2, -0.15) is 0 Å². The average molecular weight is 242 g/mol. The maximum absolute atomic E-state index is 11.2. The first-order valence-electron chi connectivity index (χ1n) is 6.59. The molecule has 100 valence electrons. The minimum Gasteiger partial charge on any atom is -0.480 e. The summed E-state index contributed by atoms with van der Waals surface area (Å²) in [6.07, 6.45) is 2.41. The van der Waals surface area contributed by atoms with E-state index in [1.807, 2.05) is 13.8 Å². The highest BCUT2D eigenvalue weighted by Crippen LogP contribution is 2.19. The van der Waals surface area contributed by atoms with Crippen molar-refractivity contribution < 1.29 is 9.90 Å².